The molecular weight excluding hydrogens is 438 g/mol. The number of benzene rings is 2. The molecular formula is C17H11Br2N3O2. The molecule has 0 bridgehead atoms. The van der Waals surface area contributed by atoms with E-state index in [1.165, 1.54) is 12.4 Å². The predicted octanol–water partition coefficient (Wildman–Crippen LogP) is 4.23. The molecule has 5 nitrogen and oxygen atoms in total. The Morgan fingerprint density at radius 2 is 2.00 bits per heavy atom. The first-order valence-corrected chi connectivity index (χ1v) is 8.49. The van der Waals surface area contributed by atoms with Crippen molar-refractivity contribution in [2.75, 3.05) is 0 Å². The number of hydrogen-bond donors (Lipinski definition) is 2. The molecule has 0 radical (unpaired) electrons. The summed E-state index contributed by atoms with van der Waals surface area (Å²) in [5.74, 6) is -0.332. The number of phenolic OH excluding ortho intramolecular Hbond substituents is 1. The maximum absolute atomic E-state index is 12.2. The maximum Gasteiger partial charge on any atom is 0.272 e. The van der Waals surface area contributed by atoms with Gasteiger partial charge in [0.05, 0.1) is 21.8 Å². The molecule has 0 saturated heterocycles. The smallest absolute Gasteiger partial charge is 0.272 e. The van der Waals surface area contributed by atoms with Crippen molar-refractivity contribution in [2.24, 2.45) is 5.10 Å². The van der Waals surface area contributed by atoms with E-state index in [0.29, 0.717) is 15.6 Å². The third-order valence-electron chi connectivity index (χ3n) is 3.28. The molecule has 0 fully saturated rings. The van der Waals surface area contributed by atoms with Gasteiger partial charge in [-0.25, -0.2) is 5.43 Å². The number of rotatable bonds is 3. The van der Waals surface area contributed by atoms with Crippen molar-refractivity contribution in [1.29, 1.82) is 0 Å². The Labute approximate surface area is 154 Å². The molecule has 0 atom stereocenters. The second kappa shape index (κ2) is 7.11. The SMILES string of the molecule is O=C(N/N=C/c1cc(Br)cc(Br)c1O)c1cnc2ccccc2c1. The van der Waals surface area contributed by atoms with Gasteiger partial charge in [0.2, 0.25) is 0 Å². The van der Waals surface area contributed by atoms with E-state index in [0.717, 1.165) is 15.4 Å². The summed E-state index contributed by atoms with van der Waals surface area (Å²) in [5.41, 5.74) is 4.12. The summed E-state index contributed by atoms with van der Waals surface area (Å²) in [6.07, 6.45) is 2.87. The molecule has 1 aromatic heterocycles. The van der Waals surface area contributed by atoms with Crippen molar-refractivity contribution in [3.05, 3.63) is 68.7 Å². The Bertz CT molecular complexity index is 958. The van der Waals surface area contributed by atoms with Crippen LogP contribution in [0.3, 0.4) is 0 Å². The first kappa shape index (κ1) is 16.6. The zero-order chi connectivity index (χ0) is 17.1. The Hall–Kier alpha value is -2.25. The van der Waals surface area contributed by atoms with Crippen LogP contribution >= 0.6 is 31.9 Å². The molecule has 0 aliphatic heterocycles. The number of carbonyl (C=O) groups is 1. The van der Waals surface area contributed by atoms with E-state index in [9.17, 15) is 9.90 Å². The van der Waals surface area contributed by atoms with Gasteiger partial charge in [0, 0.05) is 21.6 Å². The molecule has 0 aliphatic carbocycles. The highest BCUT2D eigenvalue weighted by molar-refractivity contribution is 9.11. The van der Waals surface area contributed by atoms with E-state index < -0.39 is 0 Å². The van der Waals surface area contributed by atoms with Crippen molar-refractivity contribution >= 4 is 54.9 Å². The maximum atomic E-state index is 12.2. The molecule has 7 heteroatoms. The number of pyridine rings is 1. The third-order valence-corrected chi connectivity index (χ3v) is 4.34. The van der Waals surface area contributed by atoms with Crippen LogP contribution < -0.4 is 5.43 Å². The standard InChI is InChI=1S/C17H11Br2N3O2/c18-13-6-11(16(23)14(19)7-13)9-21-22-17(24)12-5-10-3-1-2-4-15(10)20-8-12/h1-9,23H,(H,22,24)/b21-9+. The minimum Gasteiger partial charge on any atom is -0.506 e. The van der Waals surface area contributed by atoms with Crippen LogP contribution in [-0.4, -0.2) is 22.2 Å². The van der Waals surface area contributed by atoms with Crippen LogP contribution in [0.5, 0.6) is 5.75 Å². The predicted molar refractivity (Wildman–Crippen MR) is 100 cm³/mol. The lowest BCUT2D eigenvalue weighted by atomic mass is 10.1. The molecule has 0 aliphatic rings. The summed E-state index contributed by atoms with van der Waals surface area (Å²) in [4.78, 5) is 16.4. The number of para-hydroxylation sites is 1. The molecule has 0 spiro atoms. The van der Waals surface area contributed by atoms with Crippen LogP contribution in [0, 0.1) is 0 Å². The van der Waals surface area contributed by atoms with Gasteiger partial charge in [0.1, 0.15) is 5.75 Å². The fourth-order valence-corrected chi connectivity index (χ4v) is 3.36. The minimum absolute atomic E-state index is 0.0450. The van der Waals surface area contributed by atoms with Crippen molar-refractivity contribution in [3.63, 3.8) is 0 Å². The van der Waals surface area contributed by atoms with Crippen molar-refractivity contribution in [2.45, 2.75) is 0 Å². The molecule has 0 saturated carbocycles. The fraction of sp³-hybridized carbons (Fsp3) is 0. The van der Waals surface area contributed by atoms with Crippen LogP contribution in [0.4, 0.5) is 0 Å². The Morgan fingerprint density at radius 1 is 1.21 bits per heavy atom. The number of aromatic nitrogens is 1. The second-order valence-corrected chi connectivity index (χ2v) is 6.71. The zero-order valence-corrected chi connectivity index (χ0v) is 15.4. The van der Waals surface area contributed by atoms with Gasteiger partial charge >= 0.3 is 0 Å². The average Bonchev–Trinajstić information content (AvgIpc) is 2.58. The zero-order valence-electron chi connectivity index (χ0n) is 12.2. The fourth-order valence-electron chi connectivity index (χ4n) is 2.10. The van der Waals surface area contributed by atoms with Gasteiger partial charge in [-0.15, -0.1) is 0 Å². The quantitative estimate of drug-likeness (QED) is 0.465. The number of hydrazone groups is 1. The first-order chi connectivity index (χ1) is 11.5. The van der Waals surface area contributed by atoms with Gasteiger partial charge in [0.15, 0.2) is 0 Å². The highest BCUT2D eigenvalue weighted by Gasteiger charge is 2.08. The van der Waals surface area contributed by atoms with Gasteiger partial charge in [-0.2, -0.15) is 5.10 Å². The lowest BCUT2D eigenvalue weighted by Gasteiger charge is -2.04. The lowest BCUT2D eigenvalue weighted by molar-refractivity contribution is 0.0955. The Morgan fingerprint density at radius 3 is 2.83 bits per heavy atom. The summed E-state index contributed by atoms with van der Waals surface area (Å²) in [6, 6.07) is 12.7. The van der Waals surface area contributed by atoms with Gasteiger partial charge in [0.25, 0.3) is 5.91 Å². The molecule has 3 rings (SSSR count). The lowest BCUT2D eigenvalue weighted by Crippen LogP contribution is -2.17. The van der Waals surface area contributed by atoms with Crippen molar-refractivity contribution in [3.8, 4) is 5.75 Å². The molecule has 1 heterocycles. The number of nitrogens with one attached hydrogen (secondary N) is 1. The molecule has 24 heavy (non-hydrogen) atoms. The number of aromatic hydroxyl groups is 1. The monoisotopic (exact) mass is 447 g/mol. The Balaban J connectivity index is 1.77. The van der Waals surface area contributed by atoms with E-state index >= 15 is 0 Å². The van der Waals surface area contributed by atoms with E-state index in [4.69, 9.17) is 0 Å². The highest BCUT2D eigenvalue weighted by atomic mass is 79.9. The van der Waals surface area contributed by atoms with Gasteiger partial charge < -0.3 is 5.11 Å². The van der Waals surface area contributed by atoms with E-state index in [1.54, 1.807) is 18.2 Å². The summed E-state index contributed by atoms with van der Waals surface area (Å²) < 4.78 is 1.31. The molecule has 120 valence electrons. The Kier molecular flexibility index (Phi) is 4.92. The number of amides is 1. The molecule has 2 N–H and O–H groups in total. The number of carbonyl (C=O) groups excluding carboxylic acids is 1. The average molecular weight is 449 g/mol. The third kappa shape index (κ3) is 3.63. The number of hydrogen-bond acceptors (Lipinski definition) is 4. The van der Waals surface area contributed by atoms with Crippen LogP contribution in [0.15, 0.2) is 62.7 Å². The second-order valence-electron chi connectivity index (χ2n) is 4.94. The number of nitrogens with zero attached hydrogens (tertiary/aromatic N) is 2. The minimum atomic E-state index is -0.377. The first-order valence-electron chi connectivity index (χ1n) is 6.91. The largest absolute Gasteiger partial charge is 0.506 e. The van der Waals surface area contributed by atoms with Crippen LogP contribution in [0.25, 0.3) is 10.9 Å². The van der Waals surface area contributed by atoms with Gasteiger partial charge in [-0.3, -0.25) is 9.78 Å². The van der Waals surface area contributed by atoms with E-state index in [-0.39, 0.29) is 11.7 Å². The summed E-state index contributed by atoms with van der Waals surface area (Å²) in [6.45, 7) is 0. The van der Waals surface area contributed by atoms with Crippen LogP contribution in [-0.2, 0) is 0 Å². The molecule has 3 aromatic rings. The normalized spacial score (nSPS) is 11.1. The number of fused-ring (bicyclic) bond motifs is 1. The number of halogens is 2. The molecule has 1 amide bonds. The van der Waals surface area contributed by atoms with Crippen LogP contribution in [0.2, 0.25) is 0 Å². The summed E-state index contributed by atoms with van der Waals surface area (Å²) in [7, 11) is 0. The highest BCUT2D eigenvalue weighted by Crippen LogP contribution is 2.30. The molecule has 2 aromatic carbocycles. The van der Waals surface area contributed by atoms with Gasteiger partial charge in [-0.1, -0.05) is 34.1 Å². The van der Waals surface area contributed by atoms with Crippen LogP contribution in [0.1, 0.15) is 15.9 Å². The van der Waals surface area contributed by atoms with Crippen molar-refractivity contribution in [1.82, 2.24) is 10.4 Å². The van der Waals surface area contributed by atoms with E-state index in [1.807, 2.05) is 24.3 Å². The van der Waals surface area contributed by atoms with Gasteiger partial charge in [-0.05, 0) is 40.2 Å². The number of phenols is 1. The molecule has 0 unspecified atom stereocenters. The van der Waals surface area contributed by atoms with Crippen molar-refractivity contribution < 1.29 is 9.90 Å². The summed E-state index contributed by atoms with van der Waals surface area (Å²) >= 11 is 6.57. The topological polar surface area (TPSA) is 74.6 Å². The van der Waals surface area contributed by atoms with E-state index in [2.05, 4.69) is 47.4 Å². The summed E-state index contributed by atoms with van der Waals surface area (Å²) in [5, 5.41) is 14.7.